The number of aromatic nitrogens is 1. The Bertz CT molecular complexity index is 748. The maximum atomic E-state index is 12.7. The normalized spacial score (nSPS) is 17.2. The van der Waals surface area contributed by atoms with Crippen LogP contribution in [0.4, 0.5) is 0 Å². The van der Waals surface area contributed by atoms with Crippen LogP contribution >= 0.6 is 11.8 Å². The van der Waals surface area contributed by atoms with E-state index in [1.165, 1.54) is 34.6 Å². The molecule has 0 saturated carbocycles. The number of hydrogen-bond donors (Lipinski definition) is 0. The summed E-state index contributed by atoms with van der Waals surface area (Å²) in [6, 6.07) is 11.9. The smallest absolute Gasteiger partial charge is 0.251 e. The highest BCUT2D eigenvalue weighted by Gasteiger charge is 2.30. The van der Waals surface area contributed by atoms with Gasteiger partial charge in [0.15, 0.2) is 6.20 Å². The van der Waals surface area contributed by atoms with Crippen LogP contribution in [0.1, 0.15) is 35.6 Å². The average molecular weight is 342 g/mol. The molecule has 0 radical (unpaired) electrons. The molecule has 1 aliphatic rings. The molecule has 1 fully saturated rings. The highest BCUT2D eigenvalue weighted by molar-refractivity contribution is 7.99. The summed E-state index contributed by atoms with van der Waals surface area (Å²) in [4.78, 5) is 14.6. The molecule has 2 heterocycles. The first-order valence-corrected chi connectivity index (χ1v) is 9.22. The van der Waals surface area contributed by atoms with Gasteiger partial charge >= 0.3 is 0 Å². The first-order valence-electron chi connectivity index (χ1n) is 8.24. The van der Waals surface area contributed by atoms with E-state index in [4.69, 9.17) is 0 Å². The molecule has 0 spiro atoms. The lowest BCUT2D eigenvalue weighted by Gasteiger charge is -2.25. The maximum Gasteiger partial charge on any atom is 0.251 e. The summed E-state index contributed by atoms with van der Waals surface area (Å²) in [7, 11) is 0. The molecule has 126 valence electrons. The summed E-state index contributed by atoms with van der Waals surface area (Å²) >= 11 is 1.30. The van der Waals surface area contributed by atoms with Crippen LogP contribution < -0.4 is 4.73 Å². The second kappa shape index (κ2) is 7.26. The number of aryl methyl sites for hydroxylation is 2. The first kappa shape index (κ1) is 16.8. The van der Waals surface area contributed by atoms with Gasteiger partial charge in [-0.05, 0) is 61.2 Å². The summed E-state index contributed by atoms with van der Waals surface area (Å²) < 4.78 is 0.808. The number of rotatable bonds is 4. The van der Waals surface area contributed by atoms with Gasteiger partial charge in [-0.2, -0.15) is 4.73 Å². The minimum Gasteiger partial charge on any atom is -0.618 e. The first-order chi connectivity index (χ1) is 11.6. The quantitative estimate of drug-likeness (QED) is 0.486. The van der Waals surface area contributed by atoms with Gasteiger partial charge in [0.25, 0.3) is 5.03 Å². The molecule has 1 amide bonds. The van der Waals surface area contributed by atoms with Crippen molar-refractivity contribution >= 4 is 17.7 Å². The van der Waals surface area contributed by atoms with Gasteiger partial charge in [0.05, 0.1) is 11.8 Å². The molecule has 0 N–H and O–H groups in total. The number of benzene rings is 1. The van der Waals surface area contributed by atoms with Crippen LogP contribution in [0.5, 0.6) is 0 Å². The topological polar surface area (TPSA) is 47.2 Å². The lowest BCUT2D eigenvalue weighted by atomic mass is 9.99. The van der Waals surface area contributed by atoms with Gasteiger partial charge in [-0.25, -0.2) is 0 Å². The molecule has 1 aromatic carbocycles. The molecule has 0 aliphatic carbocycles. The Morgan fingerprint density at radius 3 is 2.88 bits per heavy atom. The van der Waals surface area contributed by atoms with Crippen LogP contribution in [0.25, 0.3) is 0 Å². The van der Waals surface area contributed by atoms with E-state index < -0.39 is 0 Å². The molecule has 2 aromatic rings. The number of thioether (sulfide) groups is 1. The Kier molecular flexibility index (Phi) is 5.09. The average Bonchev–Trinajstić information content (AvgIpc) is 3.06. The van der Waals surface area contributed by atoms with E-state index in [0.717, 1.165) is 24.1 Å². The zero-order chi connectivity index (χ0) is 17.1. The zero-order valence-electron chi connectivity index (χ0n) is 14.1. The molecule has 1 aromatic heterocycles. The Hall–Kier alpha value is -2.01. The standard InChI is InChI=1S/C19H22N2O2S/c1-14-8-9-16(12-15(14)2)17-6-5-10-20(17)18(22)13-24-19-7-3-4-11-21(19)23/h3-4,7-9,11-12,17H,5-6,10,13H2,1-2H3/t17-/m0/s1. The molecule has 3 rings (SSSR count). The van der Waals surface area contributed by atoms with Crippen LogP contribution in [0.15, 0.2) is 47.6 Å². The fourth-order valence-corrected chi connectivity index (χ4v) is 3.93. The third-order valence-corrected chi connectivity index (χ3v) is 5.62. The van der Waals surface area contributed by atoms with Crippen molar-refractivity contribution in [2.45, 2.75) is 37.8 Å². The van der Waals surface area contributed by atoms with E-state index in [9.17, 15) is 10.0 Å². The Balaban J connectivity index is 1.69. The van der Waals surface area contributed by atoms with E-state index in [1.54, 1.807) is 12.1 Å². The van der Waals surface area contributed by atoms with Crippen molar-refractivity contribution in [1.29, 1.82) is 0 Å². The molecular weight excluding hydrogens is 320 g/mol. The summed E-state index contributed by atoms with van der Waals surface area (Å²) in [5.74, 6) is 0.401. The van der Waals surface area contributed by atoms with Gasteiger partial charge < -0.3 is 10.1 Å². The Morgan fingerprint density at radius 2 is 2.12 bits per heavy atom. The van der Waals surface area contributed by atoms with Crippen molar-refractivity contribution in [2.24, 2.45) is 0 Å². The van der Waals surface area contributed by atoms with Crippen LogP contribution in [0.2, 0.25) is 0 Å². The number of nitrogens with zero attached hydrogens (tertiary/aromatic N) is 2. The van der Waals surface area contributed by atoms with Crippen molar-refractivity contribution < 1.29 is 9.52 Å². The van der Waals surface area contributed by atoms with Crippen molar-refractivity contribution in [1.82, 2.24) is 4.90 Å². The fraction of sp³-hybridized carbons (Fsp3) is 0.368. The fourth-order valence-electron chi connectivity index (χ4n) is 3.13. The summed E-state index contributed by atoms with van der Waals surface area (Å²) in [6.07, 6.45) is 3.49. The maximum absolute atomic E-state index is 12.7. The molecule has 0 unspecified atom stereocenters. The molecular formula is C19H22N2O2S. The van der Waals surface area contributed by atoms with Gasteiger partial charge in [-0.1, -0.05) is 18.2 Å². The molecule has 5 heteroatoms. The molecule has 24 heavy (non-hydrogen) atoms. The third kappa shape index (κ3) is 3.56. The molecule has 0 bridgehead atoms. The number of hydrogen-bond acceptors (Lipinski definition) is 3. The van der Waals surface area contributed by atoms with E-state index in [0.29, 0.717) is 10.8 Å². The lowest BCUT2D eigenvalue weighted by Crippen LogP contribution is -2.33. The summed E-state index contributed by atoms with van der Waals surface area (Å²) in [5.41, 5.74) is 3.75. The van der Waals surface area contributed by atoms with Gasteiger partial charge in [0, 0.05) is 18.7 Å². The summed E-state index contributed by atoms with van der Waals surface area (Å²) in [5, 5.41) is 12.2. The second-order valence-corrected chi connectivity index (χ2v) is 7.24. The minimum atomic E-state index is 0.101. The molecule has 1 atom stereocenters. The number of likely N-dealkylation sites (tertiary alicyclic amines) is 1. The second-order valence-electron chi connectivity index (χ2n) is 6.24. The molecule has 4 nitrogen and oxygen atoms in total. The van der Waals surface area contributed by atoms with Gasteiger partial charge in [-0.15, -0.1) is 0 Å². The predicted molar refractivity (Wildman–Crippen MR) is 95.7 cm³/mol. The molecule has 1 saturated heterocycles. The van der Waals surface area contributed by atoms with Crippen LogP contribution in [0, 0.1) is 19.1 Å². The zero-order valence-corrected chi connectivity index (χ0v) is 14.9. The van der Waals surface area contributed by atoms with Crippen LogP contribution in [0.3, 0.4) is 0 Å². The van der Waals surface area contributed by atoms with E-state index in [1.807, 2.05) is 11.0 Å². The lowest BCUT2D eigenvalue weighted by molar-refractivity contribution is -0.645. The van der Waals surface area contributed by atoms with Crippen LogP contribution in [-0.2, 0) is 4.79 Å². The Labute approximate surface area is 147 Å². The van der Waals surface area contributed by atoms with Crippen molar-refractivity contribution in [2.75, 3.05) is 12.3 Å². The largest absolute Gasteiger partial charge is 0.618 e. The van der Waals surface area contributed by atoms with Crippen molar-refractivity contribution in [3.8, 4) is 0 Å². The Morgan fingerprint density at radius 1 is 1.29 bits per heavy atom. The van der Waals surface area contributed by atoms with E-state index in [-0.39, 0.29) is 11.9 Å². The van der Waals surface area contributed by atoms with Gasteiger partial charge in [-0.3, -0.25) is 4.79 Å². The third-order valence-electron chi connectivity index (χ3n) is 4.62. The highest BCUT2D eigenvalue weighted by atomic mass is 32.2. The number of amides is 1. The van der Waals surface area contributed by atoms with Gasteiger partial charge in [0.2, 0.25) is 5.91 Å². The number of carbonyl (C=O) groups excluding carboxylic acids is 1. The van der Waals surface area contributed by atoms with Crippen molar-refractivity contribution in [3.63, 3.8) is 0 Å². The SMILES string of the molecule is Cc1ccc([C@@H]2CCCN2C(=O)CSc2cccc[n+]2[O-])cc1C. The number of carbonyl (C=O) groups is 1. The highest BCUT2D eigenvalue weighted by Crippen LogP contribution is 2.33. The minimum absolute atomic E-state index is 0.101. The molecule has 1 aliphatic heterocycles. The van der Waals surface area contributed by atoms with E-state index >= 15 is 0 Å². The predicted octanol–water partition coefficient (Wildman–Crippen LogP) is 3.39. The van der Waals surface area contributed by atoms with Crippen LogP contribution in [-0.4, -0.2) is 23.1 Å². The summed E-state index contributed by atoms with van der Waals surface area (Å²) in [6.45, 7) is 5.01. The van der Waals surface area contributed by atoms with Gasteiger partial charge in [0.1, 0.15) is 0 Å². The monoisotopic (exact) mass is 342 g/mol. The number of pyridine rings is 1. The van der Waals surface area contributed by atoms with E-state index in [2.05, 4.69) is 32.0 Å². The van der Waals surface area contributed by atoms with Crippen molar-refractivity contribution in [3.05, 3.63) is 64.5 Å².